The van der Waals surface area contributed by atoms with Gasteiger partial charge in [-0.1, -0.05) is 29.8 Å². The van der Waals surface area contributed by atoms with Gasteiger partial charge in [-0.25, -0.2) is 10.4 Å². The zero-order valence-corrected chi connectivity index (χ0v) is 15.5. The first-order chi connectivity index (χ1) is 14.0. The van der Waals surface area contributed by atoms with Gasteiger partial charge < -0.3 is 25.8 Å². The van der Waals surface area contributed by atoms with E-state index in [1.807, 2.05) is 31.2 Å². The highest BCUT2D eigenvalue weighted by atomic mass is 16.6. The smallest absolute Gasteiger partial charge is 0.247 e. The molecule has 1 saturated heterocycles. The van der Waals surface area contributed by atoms with Crippen LogP contribution in [-0.4, -0.2) is 66.0 Å². The number of rotatable bonds is 5. The largest absolute Gasteiger partial charge is 0.394 e. The monoisotopic (exact) mass is 399 g/mol. The Bertz CT molecular complexity index is 1040. The number of nitrogens with two attached hydrogens (primary N) is 1. The molecule has 0 bridgehead atoms. The Balaban J connectivity index is 1.61. The molecule has 2 aromatic heterocycles. The van der Waals surface area contributed by atoms with E-state index in [9.17, 15) is 15.3 Å². The van der Waals surface area contributed by atoms with E-state index in [0.717, 1.165) is 11.1 Å². The van der Waals surface area contributed by atoms with Crippen molar-refractivity contribution in [3.63, 3.8) is 0 Å². The summed E-state index contributed by atoms with van der Waals surface area (Å²) in [5.41, 5.74) is 11.3. The van der Waals surface area contributed by atoms with Crippen LogP contribution in [0.2, 0.25) is 0 Å². The number of fused-ring (bicyclic) bond motifs is 1. The number of nitrogens with zero attached hydrogens (tertiary/aromatic N) is 5. The summed E-state index contributed by atoms with van der Waals surface area (Å²) in [7, 11) is 0. The summed E-state index contributed by atoms with van der Waals surface area (Å²) in [5.74, 6) is 0.250. The number of anilines is 2. The molecule has 29 heavy (non-hydrogen) atoms. The maximum atomic E-state index is 10.3. The summed E-state index contributed by atoms with van der Waals surface area (Å²) in [6, 6.07) is 7.80. The van der Waals surface area contributed by atoms with E-state index in [4.69, 9.17) is 10.5 Å². The van der Waals surface area contributed by atoms with Gasteiger partial charge in [0.2, 0.25) is 5.95 Å². The first-order valence-electron chi connectivity index (χ1n) is 8.96. The van der Waals surface area contributed by atoms with E-state index < -0.39 is 31.1 Å². The lowest BCUT2D eigenvalue weighted by atomic mass is 10.1. The quantitative estimate of drug-likeness (QED) is 0.288. The van der Waals surface area contributed by atoms with Crippen LogP contribution in [-0.2, 0) is 4.74 Å². The number of hydrazone groups is 1. The maximum absolute atomic E-state index is 10.3. The highest BCUT2D eigenvalue weighted by Crippen LogP contribution is 2.32. The number of imidazole rings is 1. The van der Waals surface area contributed by atoms with Crippen molar-refractivity contribution in [1.82, 2.24) is 19.5 Å². The summed E-state index contributed by atoms with van der Waals surface area (Å²) in [6.45, 7) is 1.57. The van der Waals surface area contributed by atoms with Crippen molar-refractivity contribution in [3.05, 3.63) is 41.7 Å². The Labute approximate surface area is 165 Å². The van der Waals surface area contributed by atoms with Gasteiger partial charge in [0.15, 0.2) is 17.7 Å². The summed E-state index contributed by atoms with van der Waals surface area (Å²) in [5, 5.41) is 33.7. The molecule has 6 N–H and O–H groups in total. The Morgan fingerprint density at radius 1 is 1.24 bits per heavy atom. The molecular formula is C18H21N7O4. The lowest BCUT2D eigenvalue weighted by molar-refractivity contribution is -0.0511. The molecule has 0 amide bonds. The third kappa shape index (κ3) is 3.63. The highest BCUT2D eigenvalue weighted by Gasteiger charge is 2.44. The van der Waals surface area contributed by atoms with Crippen molar-refractivity contribution in [1.29, 1.82) is 0 Å². The molecule has 0 spiro atoms. The molecule has 3 heterocycles. The lowest BCUT2D eigenvalue weighted by Crippen LogP contribution is -2.33. The number of hydrogen-bond acceptors (Lipinski definition) is 10. The Morgan fingerprint density at radius 2 is 2.00 bits per heavy atom. The fraction of sp³-hybridized carbons (Fsp3) is 0.333. The molecule has 152 valence electrons. The van der Waals surface area contributed by atoms with Crippen LogP contribution in [0.4, 0.5) is 11.8 Å². The second-order valence-corrected chi connectivity index (χ2v) is 6.77. The van der Waals surface area contributed by atoms with Crippen LogP contribution in [0.15, 0.2) is 35.7 Å². The normalized spacial score (nSPS) is 24.6. The number of aliphatic hydroxyl groups excluding tert-OH is 3. The van der Waals surface area contributed by atoms with E-state index in [1.165, 1.54) is 10.9 Å². The zero-order chi connectivity index (χ0) is 20.5. The Hall–Kier alpha value is -3.12. The van der Waals surface area contributed by atoms with Crippen molar-refractivity contribution in [2.75, 3.05) is 17.8 Å². The fourth-order valence-corrected chi connectivity index (χ4v) is 3.10. The Kier molecular flexibility index (Phi) is 5.11. The van der Waals surface area contributed by atoms with E-state index >= 15 is 0 Å². The molecule has 1 fully saturated rings. The van der Waals surface area contributed by atoms with Crippen LogP contribution < -0.4 is 11.2 Å². The first kappa shape index (κ1) is 19.2. The van der Waals surface area contributed by atoms with E-state index in [1.54, 1.807) is 6.21 Å². The van der Waals surface area contributed by atoms with E-state index in [0.29, 0.717) is 11.2 Å². The van der Waals surface area contributed by atoms with Gasteiger partial charge in [-0.15, -0.1) is 0 Å². The summed E-state index contributed by atoms with van der Waals surface area (Å²) in [4.78, 5) is 12.6. The van der Waals surface area contributed by atoms with Crippen LogP contribution in [0.3, 0.4) is 0 Å². The van der Waals surface area contributed by atoms with Gasteiger partial charge in [0.1, 0.15) is 23.8 Å². The first-order valence-corrected chi connectivity index (χ1v) is 8.96. The molecule has 0 unspecified atom stereocenters. The minimum atomic E-state index is -1.27. The van der Waals surface area contributed by atoms with Crippen molar-refractivity contribution in [3.8, 4) is 0 Å². The maximum Gasteiger partial charge on any atom is 0.247 e. The molecule has 4 atom stereocenters. The van der Waals surface area contributed by atoms with E-state index in [-0.39, 0.29) is 11.8 Å². The predicted molar refractivity (Wildman–Crippen MR) is 105 cm³/mol. The van der Waals surface area contributed by atoms with Crippen LogP contribution in [0.5, 0.6) is 0 Å². The van der Waals surface area contributed by atoms with Gasteiger partial charge in [0.05, 0.1) is 19.1 Å². The highest BCUT2D eigenvalue weighted by molar-refractivity contribution is 5.83. The van der Waals surface area contributed by atoms with Crippen LogP contribution in [0.25, 0.3) is 11.2 Å². The van der Waals surface area contributed by atoms with Crippen molar-refractivity contribution in [2.45, 2.75) is 31.5 Å². The number of aromatic nitrogens is 4. The minimum absolute atomic E-state index is 0.119. The van der Waals surface area contributed by atoms with Crippen molar-refractivity contribution >= 4 is 29.1 Å². The average molecular weight is 399 g/mol. The predicted octanol–water partition coefficient (Wildman–Crippen LogP) is -0.226. The molecule has 4 rings (SSSR count). The number of benzene rings is 1. The van der Waals surface area contributed by atoms with Crippen LogP contribution in [0, 0.1) is 6.92 Å². The van der Waals surface area contributed by atoms with Gasteiger partial charge in [0, 0.05) is 0 Å². The molecule has 0 saturated carbocycles. The third-order valence-electron chi connectivity index (χ3n) is 4.70. The molecule has 0 radical (unpaired) electrons. The molecule has 11 heteroatoms. The van der Waals surface area contributed by atoms with Gasteiger partial charge in [-0.3, -0.25) is 4.57 Å². The third-order valence-corrected chi connectivity index (χ3v) is 4.70. The summed E-state index contributed by atoms with van der Waals surface area (Å²) < 4.78 is 6.97. The van der Waals surface area contributed by atoms with E-state index in [2.05, 4.69) is 25.5 Å². The van der Waals surface area contributed by atoms with Gasteiger partial charge >= 0.3 is 0 Å². The molecule has 1 aliphatic heterocycles. The number of aliphatic hydroxyl groups is 3. The lowest BCUT2D eigenvalue weighted by Gasteiger charge is -2.16. The molecule has 0 aliphatic carbocycles. The molecule has 1 aromatic carbocycles. The standard InChI is InChI=1S/C18H21N7O4/c1-9-2-4-10(5-3-9)6-21-24-18-22-15(19)12-16(23-18)25(8-20-12)17-14(28)13(27)11(7-26)29-17/h2-6,8,11,13-14,17,26-28H,7H2,1H3,(H3,19,22,23,24)/b21-6+/t11-,13-,14-,17-/m1/s1. The number of nitrogens with one attached hydrogen (secondary N) is 1. The second-order valence-electron chi connectivity index (χ2n) is 6.77. The average Bonchev–Trinajstić information content (AvgIpc) is 3.25. The minimum Gasteiger partial charge on any atom is -0.394 e. The van der Waals surface area contributed by atoms with Crippen molar-refractivity contribution < 1.29 is 20.1 Å². The number of ether oxygens (including phenoxy) is 1. The summed E-state index contributed by atoms with van der Waals surface area (Å²) in [6.07, 6.45) is -1.40. The molecule has 3 aromatic rings. The van der Waals surface area contributed by atoms with Gasteiger partial charge in [0.25, 0.3) is 0 Å². The fourth-order valence-electron chi connectivity index (χ4n) is 3.10. The molecule has 1 aliphatic rings. The van der Waals surface area contributed by atoms with Crippen molar-refractivity contribution in [2.24, 2.45) is 5.10 Å². The molecule has 11 nitrogen and oxygen atoms in total. The number of aryl methyl sites for hydroxylation is 1. The SMILES string of the molecule is Cc1ccc(/C=N/Nc2nc(N)c3ncn([C@@H]4O[C@H](CO)[C@@H](O)[C@H]4O)c3n2)cc1. The van der Waals surface area contributed by atoms with Crippen LogP contribution in [0.1, 0.15) is 17.4 Å². The van der Waals surface area contributed by atoms with Gasteiger partial charge in [-0.2, -0.15) is 15.1 Å². The molecular weight excluding hydrogens is 378 g/mol. The Morgan fingerprint density at radius 3 is 2.69 bits per heavy atom. The number of hydrogen-bond donors (Lipinski definition) is 5. The van der Waals surface area contributed by atoms with Gasteiger partial charge in [-0.05, 0) is 12.5 Å². The summed E-state index contributed by atoms with van der Waals surface area (Å²) >= 11 is 0. The number of nitrogen functional groups attached to an aromatic ring is 1. The topological polar surface area (TPSA) is 164 Å². The second kappa shape index (κ2) is 7.72. The van der Waals surface area contributed by atoms with Crippen LogP contribution >= 0.6 is 0 Å². The zero-order valence-electron chi connectivity index (χ0n) is 15.5.